The van der Waals surface area contributed by atoms with Gasteiger partial charge in [-0.1, -0.05) is 0 Å². The molecule has 0 aromatic heterocycles. The van der Waals surface area contributed by atoms with Gasteiger partial charge in [-0.2, -0.15) is 0 Å². The summed E-state index contributed by atoms with van der Waals surface area (Å²) in [6.45, 7) is 5.22. The molecule has 0 spiro atoms. The van der Waals surface area contributed by atoms with Crippen molar-refractivity contribution >= 4 is 17.8 Å². The van der Waals surface area contributed by atoms with Gasteiger partial charge in [0, 0.05) is 19.0 Å². The second kappa shape index (κ2) is 6.12. The monoisotopic (exact) mass is 333 g/mol. The molecule has 128 valence electrons. The Morgan fingerprint density at radius 1 is 1.04 bits per heavy atom. The van der Waals surface area contributed by atoms with Gasteiger partial charge >= 0.3 is 6.03 Å². The van der Waals surface area contributed by atoms with Crippen LogP contribution in [0.5, 0.6) is 11.5 Å². The van der Waals surface area contributed by atoms with Crippen molar-refractivity contribution in [2.24, 2.45) is 5.92 Å². The molecule has 2 aliphatic rings. The minimum absolute atomic E-state index is 0.0939. The first-order valence-corrected chi connectivity index (χ1v) is 7.72. The van der Waals surface area contributed by atoms with Crippen LogP contribution in [0.4, 0.5) is 4.79 Å². The topological polar surface area (TPSA) is 106 Å². The van der Waals surface area contributed by atoms with Crippen LogP contribution in [0.25, 0.3) is 0 Å². The third kappa shape index (κ3) is 3.05. The van der Waals surface area contributed by atoms with Crippen LogP contribution in [-0.2, 0) is 9.59 Å². The lowest BCUT2D eigenvalue weighted by molar-refractivity contribution is -0.149. The normalized spacial score (nSPS) is 21.3. The predicted molar refractivity (Wildman–Crippen MR) is 83.6 cm³/mol. The third-order valence-electron chi connectivity index (χ3n) is 4.27. The van der Waals surface area contributed by atoms with Gasteiger partial charge in [-0.05, 0) is 38.1 Å². The Kier molecular flexibility index (Phi) is 4.15. The number of hydrogen-bond acceptors (Lipinski definition) is 6. The van der Waals surface area contributed by atoms with Crippen LogP contribution in [0, 0.1) is 5.92 Å². The molecule has 1 atom stereocenters. The van der Waals surface area contributed by atoms with Gasteiger partial charge in [0.25, 0.3) is 17.4 Å². The number of benzene rings is 1. The SMILES string of the molecule is CC(Oc1ccc(OC2(C)C(=O)NC(=O)NC2=O)cc1)C1CNC1. The van der Waals surface area contributed by atoms with E-state index in [1.54, 1.807) is 24.3 Å². The number of hydrogen-bond donors (Lipinski definition) is 3. The highest BCUT2D eigenvalue weighted by molar-refractivity contribution is 6.21. The molecule has 0 bridgehead atoms. The molecule has 3 N–H and O–H groups in total. The molecule has 0 saturated carbocycles. The lowest BCUT2D eigenvalue weighted by Crippen LogP contribution is -2.67. The van der Waals surface area contributed by atoms with Crippen molar-refractivity contribution in [1.82, 2.24) is 16.0 Å². The highest BCUT2D eigenvalue weighted by Crippen LogP contribution is 2.25. The van der Waals surface area contributed by atoms with Crippen LogP contribution < -0.4 is 25.4 Å². The van der Waals surface area contributed by atoms with Gasteiger partial charge in [-0.15, -0.1) is 0 Å². The fourth-order valence-corrected chi connectivity index (χ4v) is 2.45. The number of rotatable bonds is 5. The number of carbonyl (C=O) groups excluding carboxylic acids is 3. The third-order valence-corrected chi connectivity index (χ3v) is 4.27. The second-order valence-corrected chi connectivity index (χ2v) is 6.09. The lowest BCUT2D eigenvalue weighted by atomic mass is 9.98. The quantitative estimate of drug-likeness (QED) is 0.664. The lowest BCUT2D eigenvalue weighted by Gasteiger charge is -2.33. The summed E-state index contributed by atoms with van der Waals surface area (Å²) in [4.78, 5) is 35.0. The van der Waals surface area contributed by atoms with Gasteiger partial charge in [-0.3, -0.25) is 20.2 Å². The first-order chi connectivity index (χ1) is 11.4. The summed E-state index contributed by atoms with van der Waals surface area (Å²) in [6, 6.07) is 5.80. The van der Waals surface area contributed by atoms with Crippen molar-refractivity contribution in [3.63, 3.8) is 0 Å². The van der Waals surface area contributed by atoms with Crippen LogP contribution >= 0.6 is 0 Å². The molecule has 1 unspecified atom stereocenters. The van der Waals surface area contributed by atoms with Crippen molar-refractivity contribution in [2.45, 2.75) is 25.6 Å². The van der Waals surface area contributed by atoms with E-state index in [0.717, 1.165) is 13.1 Å². The van der Waals surface area contributed by atoms with Gasteiger partial charge in [-0.25, -0.2) is 4.79 Å². The van der Waals surface area contributed by atoms with Gasteiger partial charge in [0.15, 0.2) is 0 Å². The maximum absolute atomic E-state index is 11.9. The summed E-state index contributed by atoms with van der Waals surface area (Å²) in [5.74, 6) is -0.112. The zero-order chi connectivity index (χ0) is 17.3. The van der Waals surface area contributed by atoms with Crippen LogP contribution in [0.3, 0.4) is 0 Å². The summed E-state index contributed by atoms with van der Waals surface area (Å²) in [5.41, 5.74) is -1.80. The largest absolute Gasteiger partial charge is 0.490 e. The van der Waals surface area contributed by atoms with Crippen LogP contribution in [0.1, 0.15) is 13.8 Å². The Balaban J connectivity index is 1.66. The Morgan fingerprint density at radius 3 is 2.08 bits per heavy atom. The maximum atomic E-state index is 11.9. The fraction of sp³-hybridized carbons (Fsp3) is 0.438. The van der Waals surface area contributed by atoms with E-state index in [4.69, 9.17) is 9.47 Å². The Labute approximate surface area is 138 Å². The molecule has 8 heteroatoms. The number of carbonyl (C=O) groups is 3. The average molecular weight is 333 g/mol. The van der Waals surface area contributed by atoms with Crippen LogP contribution in [0.15, 0.2) is 24.3 Å². The number of ether oxygens (including phenoxy) is 2. The molecule has 0 aliphatic carbocycles. The first kappa shape index (κ1) is 16.3. The molecule has 1 aromatic carbocycles. The van der Waals surface area contributed by atoms with E-state index in [0.29, 0.717) is 17.4 Å². The molecule has 2 aliphatic heterocycles. The molecule has 8 nitrogen and oxygen atoms in total. The number of amides is 4. The zero-order valence-electron chi connectivity index (χ0n) is 13.4. The van der Waals surface area contributed by atoms with Crippen molar-refractivity contribution < 1.29 is 23.9 Å². The molecule has 2 heterocycles. The van der Waals surface area contributed by atoms with E-state index in [1.165, 1.54) is 6.92 Å². The number of nitrogens with one attached hydrogen (secondary N) is 3. The van der Waals surface area contributed by atoms with E-state index in [-0.39, 0.29) is 6.10 Å². The van der Waals surface area contributed by atoms with E-state index in [2.05, 4.69) is 5.32 Å². The Hall–Kier alpha value is -2.61. The maximum Gasteiger partial charge on any atom is 0.328 e. The second-order valence-electron chi connectivity index (χ2n) is 6.09. The number of barbiturate groups is 1. The minimum Gasteiger partial charge on any atom is -0.490 e. The molecule has 0 radical (unpaired) electrons. The van der Waals surface area contributed by atoms with Gasteiger partial charge in [0.05, 0.1) is 0 Å². The summed E-state index contributed by atoms with van der Waals surface area (Å²) in [7, 11) is 0. The van der Waals surface area contributed by atoms with Crippen molar-refractivity contribution in [2.75, 3.05) is 13.1 Å². The average Bonchev–Trinajstić information content (AvgIpc) is 2.45. The summed E-state index contributed by atoms with van der Waals surface area (Å²) >= 11 is 0. The minimum atomic E-state index is -1.80. The molecule has 1 aromatic rings. The first-order valence-electron chi connectivity index (χ1n) is 7.72. The summed E-state index contributed by atoms with van der Waals surface area (Å²) in [5, 5.41) is 7.23. The van der Waals surface area contributed by atoms with Crippen molar-refractivity contribution in [3.8, 4) is 11.5 Å². The highest BCUT2D eigenvalue weighted by atomic mass is 16.5. The molecular formula is C16H19N3O5. The standard InChI is InChI=1S/C16H19N3O5/c1-9(10-7-17-8-10)23-11-3-5-12(6-4-11)24-16(2)13(20)18-15(22)19-14(16)21/h3-6,9-10,17H,7-8H2,1-2H3,(H2,18,19,20,21,22). The highest BCUT2D eigenvalue weighted by Gasteiger charge is 2.49. The Morgan fingerprint density at radius 2 is 1.58 bits per heavy atom. The van der Waals surface area contributed by atoms with Gasteiger partial charge in [0.2, 0.25) is 0 Å². The van der Waals surface area contributed by atoms with Gasteiger partial charge < -0.3 is 14.8 Å². The van der Waals surface area contributed by atoms with Gasteiger partial charge in [0.1, 0.15) is 17.6 Å². The molecule has 4 amide bonds. The fourth-order valence-electron chi connectivity index (χ4n) is 2.45. The number of urea groups is 1. The molecule has 3 rings (SSSR count). The summed E-state index contributed by atoms with van der Waals surface area (Å²) in [6.07, 6.45) is 0.0939. The summed E-state index contributed by atoms with van der Waals surface area (Å²) < 4.78 is 11.4. The smallest absolute Gasteiger partial charge is 0.328 e. The predicted octanol–water partition coefficient (Wildman–Crippen LogP) is 0.177. The zero-order valence-corrected chi connectivity index (χ0v) is 13.4. The van der Waals surface area contributed by atoms with E-state index < -0.39 is 23.4 Å². The molecule has 2 fully saturated rings. The molecule has 2 saturated heterocycles. The van der Waals surface area contributed by atoms with Crippen LogP contribution in [0.2, 0.25) is 0 Å². The van der Waals surface area contributed by atoms with E-state index >= 15 is 0 Å². The van der Waals surface area contributed by atoms with Crippen molar-refractivity contribution in [1.29, 1.82) is 0 Å². The van der Waals surface area contributed by atoms with Crippen molar-refractivity contribution in [3.05, 3.63) is 24.3 Å². The molecule has 24 heavy (non-hydrogen) atoms. The van der Waals surface area contributed by atoms with E-state index in [1.807, 2.05) is 17.6 Å². The number of imide groups is 2. The van der Waals surface area contributed by atoms with Crippen LogP contribution in [-0.4, -0.2) is 42.6 Å². The Bertz CT molecular complexity index is 649. The molecular weight excluding hydrogens is 314 g/mol. The van der Waals surface area contributed by atoms with E-state index in [9.17, 15) is 14.4 Å².